The number of pyridine rings is 1. The molecule has 0 saturated carbocycles. The number of nitrogens with zero attached hydrogens (tertiary/aromatic N) is 2. The Balaban J connectivity index is 2.40. The molecule has 8 heteroatoms. The maximum absolute atomic E-state index is 14.6. The summed E-state index contributed by atoms with van der Waals surface area (Å²) >= 11 is 0. The second-order valence-corrected chi connectivity index (χ2v) is 6.20. The largest absolute Gasteiger partial charge is 0.462 e. The van der Waals surface area contributed by atoms with Gasteiger partial charge in [-0.2, -0.15) is 0 Å². The zero-order valence-corrected chi connectivity index (χ0v) is 15.3. The van der Waals surface area contributed by atoms with Crippen LogP contribution in [0.1, 0.15) is 17.3 Å². The molecule has 0 amide bonds. The van der Waals surface area contributed by atoms with Crippen molar-refractivity contribution in [2.75, 3.05) is 25.6 Å². The van der Waals surface area contributed by atoms with Crippen LogP contribution in [0.5, 0.6) is 0 Å². The number of rotatable bonds is 4. The van der Waals surface area contributed by atoms with Gasteiger partial charge in [-0.05, 0) is 25.1 Å². The number of anilines is 1. The van der Waals surface area contributed by atoms with Crippen molar-refractivity contribution in [2.24, 2.45) is 0 Å². The molecule has 0 bridgehead atoms. The fourth-order valence-electron chi connectivity index (χ4n) is 3.06. The summed E-state index contributed by atoms with van der Waals surface area (Å²) in [5.74, 6) is -5.42. The van der Waals surface area contributed by atoms with Crippen LogP contribution in [0.4, 0.5) is 23.2 Å². The minimum absolute atomic E-state index is 0.0411. The lowest BCUT2D eigenvalue weighted by atomic mass is 9.98. The molecule has 0 unspecified atom stereocenters. The van der Waals surface area contributed by atoms with Crippen LogP contribution in [0.15, 0.2) is 30.5 Å². The van der Waals surface area contributed by atoms with Crippen LogP contribution >= 0.6 is 0 Å². The molecule has 1 aromatic heterocycles. The molecule has 3 aromatic rings. The molecule has 0 spiro atoms. The van der Waals surface area contributed by atoms with E-state index in [-0.39, 0.29) is 17.7 Å². The number of hydrogen-bond acceptors (Lipinski definition) is 4. The maximum atomic E-state index is 14.6. The zero-order chi connectivity index (χ0) is 20.6. The van der Waals surface area contributed by atoms with E-state index in [2.05, 4.69) is 4.98 Å². The lowest BCUT2D eigenvalue weighted by Gasteiger charge is -2.20. The van der Waals surface area contributed by atoms with Crippen molar-refractivity contribution in [3.05, 3.63) is 59.3 Å². The Kier molecular flexibility index (Phi) is 5.22. The van der Waals surface area contributed by atoms with Crippen LogP contribution in [-0.4, -0.2) is 31.7 Å². The van der Waals surface area contributed by atoms with E-state index in [1.807, 2.05) is 0 Å². The molecular weight excluding hydrogens is 376 g/mol. The monoisotopic (exact) mass is 392 g/mol. The van der Waals surface area contributed by atoms with Crippen LogP contribution in [0.3, 0.4) is 0 Å². The quantitative estimate of drug-likeness (QED) is 0.367. The normalized spacial score (nSPS) is 11.0. The molecule has 28 heavy (non-hydrogen) atoms. The highest BCUT2D eigenvalue weighted by molar-refractivity contribution is 6.08. The summed E-state index contributed by atoms with van der Waals surface area (Å²) in [7, 11) is 3.31. The van der Waals surface area contributed by atoms with Crippen molar-refractivity contribution < 1.29 is 27.1 Å². The van der Waals surface area contributed by atoms with Gasteiger partial charge in [-0.25, -0.2) is 22.4 Å². The lowest BCUT2D eigenvalue weighted by molar-refractivity contribution is 0.0527. The van der Waals surface area contributed by atoms with Gasteiger partial charge < -0.3 is 9.64 Å². The number of esters is 1. The van der Waals surface area contributed by atoms with E-state index in [1.54, 1.807) is 25.9 Å². The van der Waals surface area contributed by atoms with Gasteiger partial charge in [0, 0.05) is 42.9 Å². The van der Waals surface area contributed by atoms with Gasteiger partial charge >= 0.3 is 5.97 Å². The van der Waals surface area contributed by atoms with Gasteiger partial charge in [-0.1, -0.05) is 0 Å². The summed E-state index contributed by atoms with van der Waals surface area (Å²) in [5, 5.41) is 0.302. The number of carbonyl (C=O) groups excluding carboxylic acids is 1. The minimum atomic E-state index is -1.44. The first-order valence-corrected chi connectivity index (χ1v) is 8.36. The smallest absolute Gasteiger partial charge is 0.341 e. The first kappa shape index (κ1) is 19.6. The number of halogens is 4. The number of hydrogen-bond donors (Lipinski definition) is 0. The Morgan fingerprint density at radius 2 is 1.82 bits per heavy atom. The van der Waals surface area contributed by atoms with Crippen molar-refractivity contribution in [1.29, 1.82) is 0 Å². The SMILES string of the molecule is CCOC(=O)c1cnc2c(-c3cc(F)cc(F)c3F)c(F)ccc2c1N(C)C. The summed E-state index contributed by atoms with van der Waals surface area (Å²) in [6.45, 7) is 1.79. The van der Waals surface area contributed by atoms with E-state index in [9.17, 15) is 22.4 Å². The first-order chi connectivity index (χ1) is 13.3. The van der Waals surface area contributed by atoms with Gasteiger partial charge in [0.2, 0.25) is 0 Å². The molecular formula is C20H16F4N2O2. The standard InChI is InChI=1S/C20H16F4N2O2/c1-4-28-20(27)13-9-25-18-11(19(13)26(2)3)5-6-14(22)16(18)12-7-10(21)8-15(23)17(12)24/h5-9H,4H2,1-3H3. The summed E-state index contributed by atoms with van der Waals surface area (Å²) in [6, 6.07) is 3.47. The van der Waals surface area contributed by atoms with Gasteiger partial charge in [0.25, 0.3) is 0 Å². The Labute approximate surface area is 158 Å². The van der Waals surface area contributed by atoms with Gasteiger partial charge in [-0.3, -0.25) is 4.98 Å². The van der Waals surface area contributed by atoms with Crippen molar-refractivity contribution in [2.45, 2.75) is 6.92 Å². The molecule has 0 aliphatic heterocycles. The van der Waals surface area contributed by atoms with Gasteiger partial charge in [0.1, 0.15) is 17.2 Å². The van der Waals surface area contributed by atoms with E-state index >= 15 is 0 Å². The highest BCUT2D eigenvalue weighted by Gasteiger charge is 2.24. The Hall–Kier alpha value is -3.16. The molecule has 0 aliphatic carbocycles. The summed E-state index contributed by atoms with van der Waals surface area (Å²) in [4.78, 5) is 17.9. The highest BCUT2D eigenvalue weighted by atomic mass is 19.2. The van der Waals surface area contributed by atoms with E-state index in [0.717, 1.165) is 6.07 Å². The topological polar surface area (TPSA) is 42.4 Å². The van der Waals surface area contributed by atoms with Gasteiger partial charge in [0.15, 0.2) is 11.6 Å². The maximum Gasteiger partial charge on any atom is 0.341 e. The predicted octanol–water partition coefficient (Wildman–Crippen LogP) is 4.70. The molecule has 2 aromatic carbocycles. The Bertz CT molecular complexity index is 1080. The summed E-state index contributed by atoms with van der Waals surface area (Å²) < 4.78 is 61.3. The van der Waals surface area contributed by atoms with Crippen LogP contribution < -0.4 is 4.90 Å². The molecule has 0 N–H and O–H groups in total. The Morgan fingerprint density at radius 3 is 2.46 bits per heavy atom. The molecule has 146 valence electrons. The van der Waals surface area contributed by atoms with Crippen molar-refractivity contribution in [3.8, 4) is 11.1 Å². The molecule has 0 atom stereocenters. The van der Waals surface area contributed by atoms with E-state index < -0.39 is 40.4 Å². The summed E-state index contributed by atoms with van der Waals surface area (Å²) in [6.07, 6.45) is 1.17. The molecule has 3 rings (SSSR count). The van der Waals surface area contributed by atoms with Crippen LogP contribution in [0.2, 0.25) is 0 Å². The van der Waals surface area contributed by atoms with Gasteiger partial charge in [0.05, 0.1) is 17.8 Å². The van der Waals surface area contributed by atoms with E-state index in [1.165, 1.54) is 12.3 Å². The number of carbonyl (C=O) groups is 1. The number of benzene rings is 2. The third-order valence-corrected chi connectivity index (χ3v) is 4.16. The average Bonchev–Trinajstić information content (AvgIpc) is 2.64. The number of aromatic nitrogens is 1. The second kappa shape index (κ2) is 7.46. The van der Waals surface area contributed by atoms with E-state index in [0.29, 0.717) is 23.2 Å². The number of ether oxygens (including phenoxy) is 1. The minimum Gasteiger partial charge on any atom is -0.462 e. The highest BCUT2D eigenvalue weighted by Crippen LogP contribution is 2.38. The zero-order valence-electron chi connectivity index (χ0n) is 15.3. The van der Waals surface area contributed by atoms with E-state index in [4.69, 9.17) is 4.74 Å². The molecule has 4 nitrogen and oxygen atoms in total. The van der Waals surface area contributed by atoms with Crippen molar-refractivity contribution in [1.82, 2.24) is 4.98 Å². The Morgan fingerprint density at radius 1 is 1.11 bits per heavy atom. The average molecular weight is 392 g/mol. The molecule has 0 fully saturated rings. The fourth-order valence-corrected chi connectivity index (χ4v) is 3.06. The third-order valence-electron chi connectivity index (χ3n) is 4.16. The first-order valence-electron chi connectivity index (χ1n) is 8.36. The molecule has 0 aliphatic rings. The number of fused-ring (bicyclic) bond motifs is 1. The third kappa shape index (κ3) is 3.26. The molecule has 0 radical (unpaired) electrons. The predicted molar refractivity (Wildman–Crippen MR) is 97.3 cm³/mol. The second-order valence-electron chi connectivity index (χ2n) is 6.20. The lowest BCUT2D eigenvalue weighted by Crippen LogP contribution is -2.17. The van der Waals surface area contributed by atoms with Crippen LogP contribution in [0.25, 0.3) is 22.0 Å². The summed E-state index contributed by atoms with van der Waals surface area (Å²) in [5.41, 5.74) is -0.543. The molecule has 1 heterocycles. The fraction of sp³-hybridized carbons (Fsp3) is 0.200. The molecule has 0 saturated heterocycles. The van der Waals surface area contributed by atoms with Crippen LogP contribution in [0, 0.1) is 23.3 Å². The van der Waals surface area contributed by atoms with Crippen molar-refractivity contribution >= 4 is 22.6 Å². The van der Waals surface area contributed by atoms with Gasteiger partial charge in [-0.15, -0.1) is 0 Å². The van der Waals surface area contributed by atoms with Crippen molar-refractivity contribution in [3.63, 3.8) is 0 Å². The van der Waals surface area contributed by atoms with Crippen LogP contribution in [-0.2, 0) is 4.74 Å².